The van der Waals surface area contributed by atoms with Crippen molar-refractivity contribution in [3.63, 3.8) is 0 Å². The lowest BCUT2D eigenvalue weighted by Gasteiger charge is -2.22. The standard InChI is InChI=1S/C15H23N3O5S/c1-3-9-7-15(9,17-12(20)11-6-10(19)8-16-11)13(21)18-24(22,23)14(2)4-5-14/h3,9-11,16,19H,1,4-8H2,2H3,(H,17,20)(H,18,21). The zero-order valence-corrected chi connectivity index (χ0v) is 14.4. The number of β-amino-alcohol motifs (C(OH)–C–C–N with tert-alkyl or cyclic N) is 1. The number of rotatable bonds is 6. The molecule has 9 heteroatoms. The maximum Gasteiger partial charge on any atom is 0.259 e. The van der Waals surface area contributed by atoms with Crippen LogP contribution in [0, 0.1) is 5.92 Å². The molecule has 8 nitrogen and oxygen atoms in total. The van der Waals surface area contributed by atoms with Crippen LogP contribution < -0.4 is 15.4 Å². The van der Waals surface area contributed by atoms with Gasteiger partial charge in [-0.1, -0.05) is 6.08 Å². The van der Waals surface area contributed by atoms with Gasteiger partial charge >= 0.3 is 0 Å². The highest BCUT2D eigenvalue weighted by molar-refractivity contribution is 7.91. The Bertz CT molecular complexity index is 687. The smallest absolute Gasteiger partial charge is 0.259 e. The maximum atomic E-state index is 12.6. The molecular weight excluding hydrogens is 334 g/mol. The second-order valence-electron chi connectivity index (χ2n) is 7.24. The Kier molecular flexibility index (Phi) is 4.01. The number of carbonyl (C=O) groups excluding carboxylic acids is 2. The van der Waals surface area contributed by atoms with E-state index in [4.69, 9.17) is 0 Å². The van der Waals surface area contributed by atoms with E-state index in [1.54, 1.807) is 13.0 Å². The van der Waals surface area contributed by atoms with Crippen LogP contribution in [0.5, 0.6) is 0 Å². The highest BCUT2D eigenvalue weighted by Crippen LogP contribution is 2.46. The van der Waals surface area contributed by atoms with Crippen LogP contribution in [0.4, 0.5) is 0 Å². The van der Waals surface area contributed by atoms with Gasteiger partial charge in [-0.2, -0.15) is 0 Å². The van der Waals surface area contributed by atoms with Gasteiger partial charge in [-0.25, -0.2) is 8.42 Å². The van der Waals surface area contributed by atoms with Gasteiger partial charge in [0.05, 0.1) is 16.9 Å². The summed E-state index contributed by atoms with van der Waals surface area (Å²) >= 11 is 0. The summed E-state index contributed by atoms with van der Waals surface area (Å²) in [6.07, 6.45) is 2.55. The molecule has 1 saturated heterocycles. The Morgan fingerprint density at radius 1 is 1.38 bits per heavy atom. The van der Waals surface area contributed by atoms with Crippen molar-refractivity contribution in [1.29, 1.82) is 0 Å². The summed E-state index contributed by atoms with van der Waals surface area (Å²) in [5.41, 5.74) is -1.27. The normalized spacial score (nSPS) is 36.7. The Hall–Kier alpha value is -1.45. The number of hydrogen-bond donors (Lipinski definition) is 4. The molecule has 3 fully saturated rings. The number of carbonyl (C=O) groups is 2. The Labute approximate surface area is 141 Å². The quantitative estimate of drug-likeness (QED) is 0.441. The van der Waals surface area contributed by atoms with E-state index in [9.17, 15) is 23.1 Å². The van der Waals surface area contributed by atoms with Crippen molar-refractivity contribution in [2.75, 3.05) is 6.54 Å². The number of sulfonamides is 1. The molecule has 3 rings (SSSR count). The Morgan fingerprint density at radius 3 is 2.50 bits per heavy atom. The lowest BCUT2D eigenvalue weighted by molar-refractivity contribution is -0.130. The minimum absolute atomic E-state index is 0.263. The minimum Gasteiger partial charge on any atom is -0.392 e. The van der Waals surface area contributed by atoms with Crippen LogP contribution in [0.1, 0.15) is 32.6 Å². The van der Waals surface area contributed by atoms with E-state index in [0.29, 0.717) is 25.8 Å². The topological polar surface area (TPSA) is 125 Å². The van der Waals surface area contributed by atoms with E-state index in [1.165, 1.54) is 0 Å². The van der Waals surface area contributed by atoms with Crippen LogP contribution >= 0.6 is 0 Å². The lowest BCUT2D eigenvalue weighted by atomic mass is 10.1. The third-order valence-corrected chi connectivity index (χ3v) is 7.46. The Morgan fingerprint density at radius 2 is 2.04 bits per heavy atom. The van der Waals surface area contributed by atoms with Gasteiger partial charge in [-0.05, 0) is 32.6 Å². The number of hydrogen-bond acceptors (Lipinski definition) is 6. The zero-order chi connectivity index (χ0) is 17.8. The molecule has 4 unspecified atom stereocenters. The van der Waals surface area contributed by atoms with Crippen molar-refractivity contribution >= 4 is 21.8 Å². The summed E-state index contributed by atoms with van der Waals surface area (Å²) < 4.78 is 25.8. The first-order valence-electron chi connectivity index (χ1n) is 8.06. The molecule has 4 N–H and O–H groups in total. The molecule has 3 aliphatic rings. The van der Waals surface area contributed by atoms with Gasteiger partial charge < -0.3 is 15.7 Å². The fourth-order valence-electron chi connectivity index (χ4n) is 3.04. The van der Waals surface area contributed by atoms with Gasteiger partial charge in [0.15, 0.2) is 0 Å². The molecular formula is C15H23N3O5S. The van der Waals surface area contributed by atoms with Gasteiger partial charge in [0.2, 0.25) is 15.9 Å². The van der Waals surface area contributed by atoms with Crippen molar-refractivity contribution < 1.29 is 23.1 Å². The van der Waals surface area contributed by atoms with Gasteiger partial charge in [0.25, 0.3) is 5.91 Å². The van der Waals surface area contributed by atoms with Crippen LogP contribution in [-0.4, -0.2) is 54.3 Å². The molecule has 1 aliphatic heterocycles. The van der Waals surface area contributed by atoms with E-state index in [1.807, 2.05) is 0 Å². The van der Waals surface area contributed by atoms with Gasteiger partial charge in [-0.15, -0.1) is 6.58 Å². The molecule has 0 radical (unpaired) electrons. The molecule has 4 atom stereocenters. The molecule has 24 heavy (non-hydrogen) atoms. The molecule has 0 aromatic heterocycles. The van der Waals surface area contributed by atoms with Gasteiger partial charge in [0, 0.05) is 12.5 Å². The summed E-state index contributed by atoms with van der Waals surface area (Å²) in [7, 11) is -3.77. The highest BCUT2D eigenvalue weighted by atomic mass is 32.2. The molecule has 0 bridgehead atoms. The molecule has 1 heterocycles. The summed E-state index contributed by atoms with van der Waals surface area (Å²) in [5, 5.41) is 15.0. The summed E-state index contributed by atoms with van der Waals surface area (Å²) in [6, 6.07) is -0.590. The van der Waals surface area contributed by atoms with Crippen LogP contribution in [0.3, 0.4) is 0 Å². The predicted molar refractivity (Wildman–Crippen MR) is 86.3 cm³/mol. The van der Waals surface area contributed by atoms with Crippen LogP contribution in [0.25, 0.3) is 0 Å². The van der Waals surface area contributed by atoms with Crippen LogP contribution in [-0.2, 0) is 19.6 Å². The third-order valence-electron chi connectivity index (χ3n) is 5.30. The molecule has 0 aromatic carbocycles. The molecule has 0 aromatic rings. The molecule has 2 aliphatic carbocycles. The second-order valence-corrected chi connectivity index (χ2v) is 9.44. The van der Waals surface area contributed by atoms with Crippen molar-refractivity contribution in [3.8, 4) is 0 Å². The largest absolute Gasteiger partial charge is 0.392 e. The molecule has 134 valence electrons. The first-order chi connectivity index (χ1) is 11.1. The van der Waals surface area contributed by atoms with Crippen molar-refractivity contribution in [2.45, 2.75) is 55.0 Å². The summed E-state index contributed by atoms with van der Waals surface area (Å²) in [4.78, 5) is 24.9. The van der Waals surface area contributed by atoms with E-state index in [0.717, 1.165) is 0 Å². The maximum absolute atomic E-state index is 12.6. The number of aliphatic hydroxyl groups excluding tert-OH is 1. The summed E-state index contributed by atoms with van der Waals surface area (Å²) in [6.45, 7) is 5.55. The fraction of sp³-hybridized carbons (Fsp3) is 0.733. The van der Waals surface area contributed by atoms with E-state index in [-0.39, 0.29) is 12.3 Å². The molecule has 2 amide bonds. The number of nitrogens with one attached hydrogen (secondary N) is 3. The number of amides is 2. The Balaban J connectivity index is 1.71. The first kappa shape index (κ1) is 17.4. The zero-order valence-electron chi connectivity index (χ0n) is 13.5. The SMILES string of the molecule is C=CC1CC1(NC(=O)C1CC(O)CN1)C(=O)NS(=O)(=O)C1(C)CC1. The average Bonchev–Trinajstić information content (AvgIpc) is 3.37. The lowest BCUT2D eigenvalue weighted by Crippen LogP contribution is -2.56. The molecule has 2 saturated carbocycles. The van der Waals surface area contributed by atoms with Gasteiger partial charge in [-0.3, -0.25) is 14.3 Å². The van der Waals surface area contributed by atoms with Crippen LogP contribution in [0.2, 0.25) is 0 Å². The predicted octanol–water partition coefficient (Wildman–Crippen LogP) is -1.23. The van der Waals surface area contributed by atoms with E-state index >= 15 is 0 Å². The average molecular weight is 357 g/mol. The highest BCUT2D eigenvalue weighted by Gasteiger charge is 2.62. The van der Waals surface area contributed by atoms with Crippen LogP contribution in [0.15, 0.2) is 12.7 Å². The molecule has 0 spiro atoms. The number of aliphatic hydroxyl groups is 1. The minimum atomic E-state index is -3.77. The van der Waals surface area contributed by atoms with Crippen molar-refractivity contribution in [3.05, 3.63) is 12.7 Å². The monoisotopic (exact) mass is 357 g/mol. The van der Waals surface area contributed by atoms with Crippen molar-refractivity contribution in [2.24, 2.45) is 5.92 Å². The van der Waals surface area contributed by atoms with Crippen molar-refractivity contribution in [1.82, 2.24) is 15.4 Å². The van der Waals surface area contributed by atoms with E-state index in [2.05, 4.69) is 21.9 Å². The fourth-order valence-corrected chi connectivity index (χ4v) is 4.35. The van der Waals surface area contributed by atoms with E-state index < -0.39 is 44.3 Å². The first-order valence-corrected chi connectivity index (χ1v) is 9.55. The van der Waals surface area contributed by atoms with Gasteiger partial charge in [0.1, 0.15) is 5.54 Å². The third kappa shape index (κ3) is 2.84. The second kappa shape index (κ2) is 5.53. The summed E-state index contributed by atoms with van der Waals surface area (Å²) in [5.74, 6) is -1.44.